The molecule has 1 saturated heterocycles. The number of hydrogen-bond donors (Lipinski definition) is 1. The predicted octanol–water partition coefficient (Wildman–Crippen LogP) is 0.916. The molecule has 0 bridgehead atoms. The Balaban J connectivity index is 2.39. The second-order valence-corrected chi connectivity index (χ2v) is 2.94. The molecule has 0 radical (unpaired) electrons. The van der Waals surface area contributed by atoms with Gasteiger partial charge in [-0.1, -0.05) is 13.8 Å². The van der Waals surface area contributed by atoms with Gasteiger partial charge in [-0.2, -0.15) is 0 Å². The standard InChI is InChI=1S/C6H11NOS/c1-4(2)5-3-7-6(9)8-5/h4-5H,3H2,1-2H3,(H,7,9). The summed E-state index contributed by atoms with van der Waals surface area (Å²) in [5, 5.41) is 3.51. The Hall–Kier alpha value is -0.310. The quantitative estimate of drug-likeness (QED) is 0.554. The Morgan fingerprint density at radius 3 is 2.67 bits per heavy atom. The maximum atomic E-state index is 5.24. The average molecular weight is 145 g/mol. The Morgan fingerprint density at radius 1 is 1.78 bits per heavy atom. The van der Waals surface area contributed by atoms with E-state index in [0.29, 0.717) is 11.1 Å². The largest absolute Gasteiger partial charge is 0.466 e. The lowest BCUT2D eigenvalue weighted by Crippen LogP contribution is -2.19. The van der Waals surface area contributed by atoms with Crippen LogP contribution in [0.3, 0.4) is 0 Å². The molecule has 9 heavy (non-hydrogen) atoms. The van der Waals surface area contributed by atoms with E-state index in [2.05, 4.69) is 19.2 Å². The second kappa shape index (κ2) is 2.52. The summed E-state index contributed by atoms with van der Waals surface area (Å²) in [7, 11) is 0. The third-order valence-corrected chi connectivity index (χ3v) is 1.69. The Labute approximate surface area is 60.6 Å². The van der Waals surface area contributed by atoms with Gasteiger partial charge in [0.25, 0.3) is 5.17 Å². The van der Waals surface area contributed by atoms with Gasteiger partial charge < -0.3 is 10.1 Å². The summed E-state index contributed by atoms with van der Waals surface area (Å²) in [5.74, 6) is 0.554. The van der Waals surface area contributed by atoms with Gasteiger partial charge in [-0.3, -0.25) is 0 Å². The van der Waals surface area contributed by atoms with Crippen molar-refractivity contribution in [2.75, 3.05) is 6.54 Å². The molecule has 0 aromatic carbocycles. The van der Waals surface area contributed by atoms with Crippen molar-refractivity contribution in [2.45, 2.75) is 20.0 Å². The van der Waals surface area contributed by atoms with E-state index >= 15 is 0 Å². The summed E-state index contributed by atoms with van der Waals surface area (Å²) in [5.41, 5.74) is 0. The fraction of sp³-hybridized carbons (Fsp3) is 0.833. The molecule has 0 aromatic heterocycles. The topological polar surface area (TPSA) is 21.3 Å². The zero-order valence-electron chi connectivity index (χ0n) is 5.68. The summed E-state index contributed by atoms with van der Waals surface area (Å²) >= 11 is 4.78. The smallest absolute Gasteiger partial charge is 0.257 e. The summed E-state index contributed by atoms with van der Waals surface area (Å²) in [6.07, 6.45) is 0.289. The van der Waals surface area contributed by atoms with Gasteiger partial charge in [0.1, 0.15) is 6.10 Å². The Bertz CT molecular complexity index is 124. The number of hydrogen-bond acceptors (Lipinski definition) is 2. The normalized spacial score (nSPS) is 26.1. The molecule has 1 N–H and O–H groups in total. The van der Waals surface area contributed by atoms with E-state index in [-0.39, 0.29) is 6.10 Å². The van der Waals surface area contributed by atoms with Gasteiger partial charge in [-0.15, -0.1) is 0 Å². The monoisotopic (exact) mass is 145 g/mol. The lowest BCUT2D eigenvalue weighted by atomic mass is 10.1. The van der Waals surface area contributed by atoms with Crippen molar-refractivity contribution in [1.29, 1.82) is 0 Å². The molecule has 1 unspecified atom stereocenters. The maximum Gasteiger partial charge on any atom is 0.257 e. The minimum Gasteiger partial charge on any atom is -0.466 e. The van der Waals surface area contributed by atoms with Gasteiger partial charge in [0.05, 0.1) is 6.54 Å². The van der Waals surface area contributed by atoms with Gasteiger partial charge in [-0.25, -0.2) is 0 Å². The van der Waals surface area contributed by atoms with Gasteiger partial charge in [0.15, 0.2) is 0 Å². The lowest BCUT2D eigenvalue weighted by Gasteiger charge is -2.10. The third kappa shape index (κ3) is 1.55. The first-order chi connectivity index (χ1) is 4.20. The first kappa shape index (κ1) is 6.81. The van der Waals surface area contributed by atoms with Crippen LogP contribution in [-0.2, 0) is 4.74 Å². The molecule has 1 fully saturated rings. The summed E-state index contributed by atoms with van der Waals surface area (Å²) < 4.78 is 5.24. The van der Waals surface area contributed by atoms with Crippen molar-refractivity contribution < 1.29 is 4.74 Å². The summed E-state index contributed by atoms with van der Waals surface area (Å²) in [6.45, 7) is 5.12. The number of rotatable bonds is 1. The molecule has 1 rings (SSSR count). The summed E-state index contributed by atoms with van der Waals surface area (Å²) in [4.78, 5) is 0. The lowest BCUT2D eigenvalue weighted by molar-refractivity contribution is 0.181. The van der Waals surface area contributed by atoms with E-state index in [0.717, 1.165) is 6.54 Å². The second-order valence-electron chi connectivity index (χ2n) is 2.57. The van der Waals surface area contributed by atoms with Crippen molar-refractivity contribution in [1.82, 2.24) is 5.32 Å². The first-order valence-corrected chi connectivity index (χ1v) is 3.55. The van der Waals surface area contributed by atoms with E-state index in [1.807, 2.05) is 0 Å². The molecule has 0 amide bonds. The van der Waals surface area contributed by atoms with Gasteiger partial charge >= 0.3 is 0 Å². The van der Waals surface area contributed by atoms with Crippen LogP contribution in [0.1, 0.15) is 13.8 Å². The fourth-order valence-corrected chi connectivity index (χ4v) is 0.983. The van der Waals surface area contributed by atoms with Crippen LogP contribution in [0.25, 0.3) is 0 Å². The van der Waals surface area contributed by atoms with E-state index in [1.54, 1.807) is 0 Å². The van der Waals surface area contributed by atoms with Gasteiger partial charge in [-0.05, 0) is 18.1 Å². The van der Waals surface area contributed by atoms with Crippen LogP contribution in [0.4, 0.5) is 0 Å². The summed E-state index contributed by atoms with van der Waals surface area (Å²) in [6, 6.07) is 0. The predicted molar refractivity (Wildman–Crippen MR) is 40.3 cm³/mol. The number of ether oxygens (including phenoxy) is 1. The minimum atomic E-state index is 0.289. The molecular weight excluding hydrogens is 134 g/mol. The molecular formula is C6H11NOS. The van der Waals surface area contributed by atoms with Crippen LogP contribution in [0.2, 0.25) is 0 Å². The molecule has 52 valence electrons. The molecule has 0 spiro atoms. The highest BCUT2D eigenvalue weighted by atomic mass is 32.1. The van der Waals surface area contributed by atoms with Crippen molar-refractivity contribution in [3.63, 3.8) is 0 Å². The van der Waals surface area contributed by atoms with Gasteiger partial charge in [0.2, 0.25) is 0 Å². The molecule has 0 aliphatic carbocycles. The van der Waals surface area contributed by atoms with Crippen LogP contribution in [0, 0.1) is 5.92 Å². The number of nitrogens with one attached hydrogen (secondary N) is 1. The molecule has 0 saturated carbocycles. The Morgan fingerprint density at radius 2 is 2.44 bits per heavy atom. The van der Waals surface area contributed by atoms with E-state index < -0.39 is 0 Å². The number of thiocarbonyl (C=S) groups is 1. The van der Waals surface area contributed by atoms with Crippen LogP contribution in [-0.4, -0.2) is 17.8 Å². The highest BCUT2D eigenvalue weighted by Crippen LogP contribution is 2.09. The van der Waals surface area contributed by atoms with Crippen molar-refractivity contribution in [3.05, 3.63) is 0 Å². The minimum absolute atomic E-state index is 0.289. The highest BCUT2D eigenvalue weighted by Gasteiger charge is 2.22. The van der Waals surface area contributed by atoms with Crippen LogP contribution < -0.4 is 5.32 Å². The van der Waals surface area contributed by atoms with Crippen LogP contribution in [0.5, 0.6) is 0 Å². The SMILES string of the molecule is CC(C)C1CNC(=S)O1. The van der Waals surface area contributed by atoms with Gasteiger partial charge in [0, 0.05) is 0 Å². The van der Waals surface area contributed by atoms with Crippen LogP contribution in [0.15, 0.2) is 0 Å². The zero-order valence-corrected chi connectivity index (χ0v) is 6.49. The third-order valence-electron chi connectivity index (χ3n) is 1.45. The molecule has 1 aliphatic heterocycles. The van der Waals surface area contributed by atoms with E-state index in [1.165, 1.54) is 0 Å². The molecule has 1 heterocycles. The Kier molecular flexibility index (Phi) is 1.90. The first-order valence-electron chi connectivity index (χ1n) is 3.14. The molecule has 1 aliphatic rings. The molecule has 1 atom stereocenters. The van der Waals surface area contributed by atoms with Crippen LogP contribution >= 0.6 is 12.2 Å². The van der Waals surface area contributed by atoms with E-state index in [4.69, 9.17) is 17.0 Å². The van der Waals surface area contributed by atoms with Crippen molar-refractivity contribution in [3.8, 4) is 0 Å². The van der Waals surface area contributed by atoms with Crippen molar-refractivity contribution in [2.24, 2.45) is 5.92 Å². The average Bonchev–Trinajstić information content (AvgIpc) is 2.14. The van der Waals surface area contributed by atoms with Crippen molar-refractivity contribution >= 4 is 17.4 Å². The zero-order chi connectivity index (χ0) is 6.85. The molecule has 0 aromatic rings. The molecule has 3 heteroatoms. The molecule has 2 nitrogen and oxygen atoms in total. The van der Waals surface area contributed by atoms with E-state index in [9.17, 15) is 0 Å². The highest BCUT2D eigenvalue weighted by molar-refractivity contribution is 7.80. The fourth-order valence-electron chi connectivity index (χ4n) is 0.777. The maximum absolute atomic E-state index is 5.24.